The summed E-state index contributed by atoms with van der Waals surface area (Å²) in [6.07, 6.45) is 0. The second-order valence-corrected chi connectivity index (χ2v) is 5.05. The molecule has 1 heterocycles. The van der Waals surface area contributed by atoms with Gasteiger partial charge in [-0.05, 0) is 24.6 Å². The summed E-state index contributed by atoms with van der Waals surface area (Å²) in [6.45, 7) is 2.33. The molecule has 2 aromatic rings. The van der Waals surface area contributed by atoms with Crippen LogP contribution in [0, 0.1) is 6.92 Å². The number of carbonyl (C=O) groups is 1. The van der Waals surface area contributed by atoms with E-state index in [0.717, 1.165) is 11.3 Å². The van der Waals surface area contributed by atoms with E-state index in [0.29, 0.717) is 12.2 Å². The number of aryl methyl sites for hydroxylation is 1. The largest absolute Gasteiger partial charge is 0.378 e. The Bertz CT molecular complexity index is 587. The molecular formula is C15H19N3O2. The minimum absolute atomic E-state index is 0.165. The number of aromatic nitrogens is 1. The van der Waals surface area contributed by atoms with Crippen molar-refractivity contribution in [1.82, 2.24) is 10.1 Å². The second-order valence-electron chi connectivity index (χ2n) is 5.05. The number of hydrogen-bond donors (Lipinski definition) is 0. The van der Waals surface area contributed by atoms with Gasteiger partial charge in [0.05, 0.1) is 5.69 Å². The molecule has 1 aromatic heterocycles. The number of amides is 1. The first kappa shape index (κ1) is 14.1. The zero-order valence-corrected chi connectivity index (χ0v) is 12.3. The third-order valence-corrected chi connectivity index (χ3v) is 3.06. The topological polar surface area (TPSA) is 49.6 Å². The van der Waals surface area contributed by atoms with Crippen LogP contribution >= 0.6 is 0 Å². The first-order chi connectivity index (χ1) is 9.47. The van der Waals surface area contributed by atoms with Gasteiger partial charge < -0.3 is 14.3 Å². The molecule has 0 bridgehead atoms. The average molecular weight is 273 g/mol. The molecule has 0 N–H and O–H groups in total. The SMILES string of the molecule is Cc1cc(C(=O)N(C)Cc2ccc(N(C)C)cc2)on1. The van der Waals surface area contributed by atoms with E-state index in [9.17, 15) is 4.79 Å². The van der Waals surface area contributed by atoms with E-state index < -0.39 is 0 Å². The first-order valence-corrected chi connectivity index (χ1v) is 6.42. The van der Waals surface area contributed by atoms with Crippen molar-refractivity contribution in [2.45, 2.75) is 13.5 Å². The van der Waals surface area contributed by atoms with Crippen LogP contribution in [0.1, 0.15) is 21.8 Å². The number of carbonyl (C=O) groups excluding carboxylic acids is 1. The van der Waals surface area contributed by atoms with Crippen molar-refractivity contribution in [3.63, 3.8) is 0 Å². The van der Waals surface area contributed by atoms with E-state index in [2.05, 4.69) is 5.16 Å². The van der Waals surface area contributed by atoms with E-state index in [4.69, 9.17) is 4.52 Å². The van der Waals surface area contributed by atoms with Crippen LogP contribution in [0.4, 0.5) is 5.69 Å². The molecule has 0 aliphatic heterocycles. The monoisotopic (exact) mass is 273 g/mol. The Morgan fingerprint density at radius 2 is 1.85 bits per heavy atom. The average Bonchev–Trinajstić information content (AvgIpc) is 2.85. The Hall–Kier alpha value is -2.30. The van der Waals surface area contributed by atoms with Crippen LogP contribution in [0.15, 0.2) is 34.9 Å². The molecule has 20 heavy (non-hydrogen) atoms. The highest BCUT2D eigenvalue weighted by Crippen LogP contribution is 2.14. The summed E-state index contributed by atoms with van der Waals surface area (Å²) < 4.78 is 4.99. The number of rotatable bonds is 4. The molecule has 1 amide bonds. The summed E-state index contributed by atoms with van der Waals surface area (Å²) in [5.74, 6) is 0.109. The molecule has 106 valence electrons. The molecule has 0 spiro atoms. The Morgan fingerprint density at radius 1 is 1.20 bits per heavy atom. The van der Waals surface area contributed by atoms with Crippen molar-refractivity contribution in [2.75, 3.05) is 26.0 Å². The number of nitrogens with zero attached hydrogens (tertiary/aromatic N) is 3. The highest BCUT2D eigenvalue weighted by Gasteiger charge is 2.16. The Morgan fingerprint density at radius 3 is 2.35 bits per heavy atom. The normalized spacial score (nSPS) is 10.4. The van der Waals surface area contributed by atoms with Gasteiger partial charge >= 0.3 is 0 Å². The summed E-state index contributed by atoms with van der Waals surface area (Å²) in [7, 11) is 5.74. The summed E-state index contributed by atoms with van der Waals surface area (Å²) in [5.41, 5.74) is 2.91. The predicted octanol–water partition coefficient (Wildman–Crippen LogP) is 2.32. The lowest BCUT2D eigenvalue weighted by Crippen LogP contribution is -2.25. The van der Waals surface area contributed by atoms with Gasteiger partial charge in [-0.3, -0.25) is 4.79 Å². The second kappa shape index (κ2) is 5.77. The molecular weight excluding hydrogens is 254 g/mol. The maximum absolute atomic E-state index is 12.1. The van der Waals surface area contributed by atoms with Gasteiger partial charge in [0.25, 0.3) is 5.91 Å². The van der Waals surface area contributed by atoms with Crippen molar-refractivity contribution in [3.05, 3.63) is 47.3 Å². The quantitative estimate of drug-likeness (QED) is 0.858. The molecule has 0 aliphatic rings. The lowest BCUT2D eigenvalue weighted by molar-refractivity contribution is 0.0743. The molecule has 5 nitrogen and oxygen atoms in total. The van der Waals surface area contributed by atoms with Crippen LogP contribution in [0.5, 0.6) is 0 Å². The minimum atomic E-state index is -0.165. The third-order valence-electron chi connectivity index (χ3n) is 3.06. The number of anilines is 1. The summed E-state index contributed by atoms with van der Waals surface area (Å²) >= 11 is 0. The van der Waals surface area contributed by atoms with Gasteiger partial charge in [-0.25, -0.2) is 0 Å². The van der Waals surface area contributed by atoms with Crippen molar-refractivity contribution < 1.29 is 9.32 Å². The fraction of sp³-hybridized carbons (Fsp3) is 0.333. The molecule has 0 fully saturated rings. The van der Waals surface area contributed by atoms with E-state index in [-0.39, 0.29) is 11.7 Å². The van der Waals surface area contributed by atoms with Gasteiger partial charge in [0.2, 0.25) is 5.76 Å². The molecule has 5 heteroatoms. The van der Waals surface area contributed by atoms with Gasteiger partial charge in [-0.15, -0.1) is 0 Å². The van der Waals surface area contributed by atoms with Crippen LogP contribution in [0.3, 0.4) is 0 Å². The van der Waals surface area contributed by atoms with E-state index in [1.165, 1.54) is 0 Å². The van der Waals surface area contributed by atoms with Crippen molar-refractivity contribution in [3.8, 4) is 0 Å². The van der Waals surface area contributed by atoms with Crippen LogP contribution in [-0.4, -0.2) is 37.1 Å². The zero-order valence-electron chi connectivity index (χ0n) is 12.3. The van der Waals surface area contributed by atoms with E-state index in [1.807, 2.05) is 43.3 Å². The molecule has 0 saturated carbocycles. The fourth-order valence-corrected chi connectivity index (χ4v) is 1.90. The maximum Gasteiger partial charge on any atom is 0.292 e. The van der Waals surface area contributed by atoms with Crippen LogP contribution in [0.2, 0.25) is 0 Å². The van der Waals surface area contributed by atoms with Gasteiger partial charge in [0.15, 0.2) is 0 Å². The Labute approximate surface area is 118 Å². The van der Waals surface area contributed by atoms with Gasteiger partial charge in [-0.2, -0.15) is 0 Å². The smallest absolute Gasteiger partial charge is 0.292 e. The number of hydrogen-bond acceptors (Lipinski definition) is 4. The van der Waals surface area contributed by atoms with Crippen molar-refractivity contribution in [2.24, 2.45) is 0 Å². The molecule has 1 aromatic carbocycles. The zero-order chi connectivity index (χ0) is 14.7. The third kappa shape index (κ3) is 3.17. The van der Waals surface area contributed by atoms with Gasteiger partial charge in [-0.1, -0.05) is 17.3 Å². The molecule has 0 atom stereocenters. The van der Waals surface area contributed by atoms with Crippen LogP contribution in [0.25, 0.3) is 0 Å². The molecule has 0 saturated heterocycles. The molecule has 0 unspecified atom stereocenters. The first-order valence-electron chi connectivity index (χ1n) is 6.42. The van der Waals surface area contributed by atoms with E-state index >= 15 is 0 Å². The van der Waals surface area contributed by atoms with Crippen LogP contribution in [-0.2, 0) is 6.54 Å². The molecule has 0 aliphatic carbocycles. The highest BCUT2D eigenvalue weighted by molar-refractivity contribution is 5.91. The lowest BCUT2D eigenvalue weighted by Gasteiger charge is -2.17. The predicted molar refractivity (Wildman–Crippen MR) is 77.8 cm³/mol. The number of benzene rings is 1. The highest BCUT2D eigenvalue weighted by atomic mass is 16.5. The Kier molecular flexibility index (Phi) is 4.08. The standard InChI is InChI=1S/C15H19N3O2/c1-11-9-14(20-16-11)15(19)18(4)10-12-5-7-13(8-6-12)17(2)3/h5-9H,10H2,1-4H3. The van der Waals surface area contributed by atoms with Crippen LogP contribution < -0.4 is 4.90 Å². The van der Waals surface area contributed by atoms with Gasteiger partial charge in [0, 0.05) is 39.4 Å². The lowest BCUT2D eigenvalue weighted by atomic mass is 10.2. The Balaban J connectivity index is 2.03. The van der Waals surface area contributed by atoms with Gasteiger partial charge in [0.1, 0.15) is 0 Å². The minimum Gasteiger partial charge on any atom is -0.378 e. The summed E-state index contributed by atoms with van der Waals surface area (Å²) in [5, 5.41) is 3.73. The van der Waals surface area contributed by atoms with E-state index in [1.54, 1.807) is 24.9 Å². The maximum atomic E-state index is 12.1. The summed E-state index contributed by atoms with van der Waals surface area (Å²) in [4.78, 5) is 15.8. The fourth-order valence-electron chi connectivity index (χ4n) is 1.90. The summed E-state index contributed by atoms with van der Waals surface area (Å²) in [6, 6.07) is 9.75. The molecule has 2 rings (SSSR count). The van der Waals surface area contributed by atoms with Crippen molar-refractivity contribution in [1.29, 1.82) is 0 Å². The van der Waals surface area contributed by atoms with Crippen molar-refractivity contribution >= 4 is 11.6 Å². The molecule has 0 radical (unpaired) electrons.